The molecule has 3 nitrogen and oxygen atoms in total. The smallest absolute Gasteiger partial charge is 0.339 e. The van der Waals surface area contributed by atoms with Crippen molar-refractivity contribution in [2.75, 3.05) is 0 Å². The monoisotopic (exact) mass is 252 g/mol. The quantitative estimate of drug-likeness (QED) is 0.841. The average Bonchev–Trinajstić information content (AvgIpc) is 2.14. The zero-order valence-electron chi connectivity index (χ0n) is 11.1. The van der Waals surface area contributed by atoms with Crippen LogP contribution in [0.15, 0.2) is 18.2 Å². The number of benzene rings is 1. The first-order chi connectivity index (χ1) is 7.73. The molecule has 1 rings (SSSR count). The Bertz CT molecular complexity index is 419. The molecule has 0 fully saturated rings. The number of carboxylic acids is 1. The molecule has 0 heterocycles. The van der Waals surface area contributed by atoms with Crippen molar-refractivity contribution in [2.24, 2.45) is 0 Å². The van der Waals surface area contributed by atoms with Gasteiger partial charge in [0.05, 0.1) is 0 Å². The van der Waals surface area contributed by atoms with E-state index in [1.165, 1.54) is 0 Å². The Morgan fingerprint density at radius 1 is 1.29 bits per heavy atom. The molecule has 0 amide bonds. The number of aromatic carboxylic acids is 1. The summed E-state index contributed by atoms with van der Waals surface area (Å²) in [6, 6.07) is 5.32. The maximum absolute atomic E-state index is 11.2. The molecule has 0 atom stereocenters. The lowest BCUT2D eigenvalue weighted by Crippen LogP contribution is -2.20. The molecular formula is C13H20O3Si. The predicted octanol–water partition coefficient (Wildman–Crippen LogP) is 3.04. The summed E-state index contributed by atoms with van der Waals surface area (Å²) >= 11 is 0. The standard InChI is InChI=1S/C13H20O3Si/c1-13(2,3)10-8-6-7-9(12(14)15)11(10)16-17(4)5/h6-8,17H,1-5H3,(H,14,15). The van der Waals surface area contributed by atoms with Gasteiger partial charge in [-0.25, -0.2) is 4.79 Å². The topological polar surface area (TPSA) is 46.5 Å². The van der Waals surface area contributed by atoms with Crippen LogP contribution in [0, 0.1) is 0 Å². The van der Waals surface area contributed by atoms with Crippen molar-refractivity contribution in [1.82, 2.24) is 0 Å². The molecule has 4 heteroatoms. The number of rotatable bonds is 3. The molecule has 1 aromatic rings. The molecule has 0 aliphatic heterocycles. The van der Waals surface area contributed by atoms with Gasteiger partial charge >= 0.3 is 5.97 Å². The van der Waals surface area contributed by atoms with E-state index >= 15 is 0 Å². The fraction of sp³-hybridized carbons (Fsp3) is 0.462. The molecule has 0 saturated carbocycles. The third-order valence-electron chi connectivity index (χ3n) is 2.41. The van der Waals surface area contributed by atoms with Gasteiger partial charge in [0.2, 0.25) is 9.04 Å². The van der Waals surface area contributed by atoms with Crippen LogP contribution in [0.5, 0.6) is 5.75 Å². The molecule has 0 bridgehead atoms. The van der Waals surface area contributed by atoms with Crippen molar-refractivity contribution in [1.29, 1.82) is 0 Å². The van der Waals surface area contributed by atoms with Crippen LogP contribution in [0.2, 0.25) is 13.1 Å². The van der Waals surface area contributed by atoms with E-state index in [1.54, 1.807) is 12.1 Å². The summed E-state index contributed by atoms with van der Waals surface area (Å²) in [5.74, 6) is -0.380. The van der Waals surface area contributed by atoms with Gasteiger partial charge in [0.25, 0.3) is 0 Å². The van der Waals surface area contributed by atoms with E-state index in [4.69, 9.17) is 4.43 Å². The number of para-hydroxylation sites is 1. The maximum atomic E-state index is 11.2. The first-order valence-electron chi connectivity index (χ1n) is 5.77. The summed E-state index contributed by atoms with van der Waals surface area (Å²) in [5.41, 5.74) is 1.10. The zero-order valence-corrected chi connectivity index (χ0v) is 12.2. The van der Waals surface area contributed by atoms with Gasteiger partial charge in [0.1, 0.15) is 11.3 Å². The molecule has 0 unspecified atom stereocenters. The molecule has 0 aliphatic carbocycles. The van der Waals surface area contributed by atoms with Gasteiger partial charge < -0.3 is 9.53 Å². The predicted molar refractivity (Wildman–Crippen MR) is 71.6 cm³/mol. The van der Waals surface area contributed by atoms with Crippen molar-refractivity contribution in [3.05, 3.63) is 29.3 Å². The van der Waals surface area contributed by atoms with Crippen LogP contribution >= 0.6 is 0 Å². The van der Waals surface area contributed by atoms with Crippen molar-refractivity contribution < 1.29 is 14.3 Å². The van der Waals surface area contributed by atoms with E-state index in [2.05, 4.69) is 20.8 Å². The van der Waals surface area contributed by atoms with Crippen LogP contribution < -0.4 is 4.43 Å². The highest BCUT2D eigenvalue weighted by Crippen LogP contribution is 2.34. The minimum atomic E-state index is -1.33. The summed E-state index contributed by atoms with van der Waals surface area (Å²) in [4.78, 5) is 11.2. The number of carbonyl (C=O) groups is 1. The molecule has 0 spiro atoms. The van der Waals surface area contributed by atoms with Gasteiger partial charge in [0.15, 0.2) is 0 Å². The van der Waals surface area contributed by atoms with Crippen LogP contribution in [0.3, 0.4) is 0 Å². The Morgan fingerprint density at radius 3 is 2.29 bits per heavy atom. The number of hydrogen-bond donors (Lipinski definition) is 1. The van der Waals surface area contributed by atoms with Crippen molar-refractivity contribution in [3.8, 4) is 5.75 Å². The highest BCUT2D eigenvalue weighted by Gasteiger charge is 2.24. The van der Waals surface area contributed by atoms with E-state index in [-0.39, 0.29) is 11.0 Å². The summed E-state index contributed by atoms with van der Waals surface area (Å²) in [7, 11) is -1.33. The van der Waals surface area contributed by atoms with E-state index in [1.807, 2.05) is 19.2 Å². The second kappa shape index (κ2) is 4.92. The maximum Gasteiger partial charge on any atom is 0.339 e. The van der Waals surface area contributed by atoms with Gasteiger partial charge in [-0.05, 0) is 30.1 Å². The third-order valence-corrected chi connectivity index (χ3v) is 3.11. The van der Waals surface area contributed by atoms with Crippen molar-refractivity contribution >= 4 is 15.0 Å². The SMILES string of the molecule is C[SiH](C)Oc1c(C(=O)O)cccc1C(C)(C)C. The molecule has 0 saturated heterocycles. The Kier molecular flexibility index (Phi) is 3.98. The second-order valence-electron chi connectivity index (χ2n) is 5.40. The molecular weight excluding hydrogens is 232 g/mol. The zero-order chi connectivity index (χ0) is 13.2. The van der Waals surface area contributed by atoms with Crippen LogP contribution in [0.25, 0.3) is 0 Å². The minimum Gasteiger partial charge on any atom is -0.546 e. The molecule has 1 aromatic carbocycles. The van der Waals surface area contributed by atoms with E-state index in [9.17, 15) is 9.90 Å². The Balaban J connectivity index is 3.40. The molecule has 0 aromatic heterocycles. The highest BCUT2D eigenvalue weighted by molar-refractivity contribution is 6.49. The molecule has 1 N–H and O–H groups in total. The highest BCUT2D eigenvalue weighted by atomic mass is 28.3. The lowest BCUT2D eigenvalue weighted by Gasteiger charge is -2.25. The lowest BCUT2D eigenvalue weighted by molar-refractivity contribution is 0.0694. The van der Waals surface area contributed by atoms with Crippen LogP contribution in [-0.4, -0.2) is 20.1 Å². The average molecular weight is 252 g/mol. The van der Waals surface area contributed by atoms with Gasteiger partial charge in [0, 0.05) is 0 Å². The largest absolute Gasteiger partial charge is 0.546 e. The summed E-state index contributed by atoms with van der Waals surface area (Å²) in [6.45, 7) is 10.2. The first-order valence-corrected chi connectivity index (χ1v) is 8.55. The fourth-order valence-electron chi connectivity index (χ4n) is 1.66. The van der Waals surface area contributed by atoms with E-state index < -0.39 is 15.0 Å². The fourth-order valence-corrected chi connectivity index (χ4v) is 2.38. The first kappa shape index (κ1) is 13.8. The normalized spacial score (nSPS) is 11.6. The molecule has 17 heavy (non-hydrogen) atoms. The lowest BCUT2D eigenvalue weighted by atomic mass is 9.85. The Morgan fingerprint density at radius 2 is 1.88 bits per heavy atom. The minimum absolute atomic E-state index is 0.121. The summed E-state index contributed by atoms with van der Waals surface area (Å²) in [6.07, 6.45) is 0. The number of hydrogen-bond acceptors (Lipinski definition) is 2. The van der Waals surface area contributed by atoms with Crippen LogP contribution in [0.1, 0.15) is 36.7 Å². The Labute approximate surface area is 104 Å². The van der Waals surface area contributed by atoms with Gasteiger partial charge in [-0.3, -0.25) is 0 Å². The van der Waals surface area contributed by atoms with Crippen LogP contribution in [0.4, 0.5) is 0 Å². The molecule has 0 aliphatic rings. The van der Waals surface area contributed by atoms with Crippen LogP contribution in [-0.2, 0) is 5.41 Å². The Hall–Kier alpha value is -1.29. The van der Waals surface area contributed by atoms with Gasteiger partial charge in [-0.1, -0.05) is 32.9 Å². The molecule has 0 radical (unpaired) electrons. The summed E-state index contributed by atoms with van der Waals surface area (Å²) in [5, 5.41) is 9.20. The third kappa shape index (κ3) is 3.33. The second-order valence-corrected chi connectivity index (χ2v) is 7.74. The molecule has 94 valence electrons. The van der Waals surface area contributed by atoms with E-state index in [0.29, 0.717) is 5.75 Å². The van der Waals surface area contributed by atoms with Crippen molar-refractivity contribution in [2.45, 2.75) is 39.3 Å². The van der Waals surface area contributed by atoms with E-state index in [0.717, 1.165) is 5.56 Å². The van der Waals surface area contributed by atoms with Gasteiger partial charge in [-0.2, -0.15) is 0 Å². The number of carboxylic acid groups (broad SMARTS) is 1. The summed E-state index contributed by atoms with van der Waals surface area (Å²) < 4.78 is 5.82. The van der Waals surface area contributed by atoms with Crippen molar-refractivity contribution in [3.63, 3.8) is 0 Å². The van der Waals surface area contributed by atoms with Gasteiger partial charge in [-0.15, -0.1) is 0 Å².